The number of nitrogens with zero attached hydrogens (tertiary/aromatic N) is 2. The molecule has 2 heterocycles. The zero-order valence-corrected chi connectivity index (χ0v) is 16.8. The summed E-state index contributed by atoms with van der Waals surface area (Å²) in [5.74, 6) is -0.0870. The molecule has 28 heavy (non-hydrogen) atoms. The summed E-state index contributed by atoms with van der Waals surface area (Å²) < 4.78 is 25.8. The van der Waals surface area contributed by atoms with Crippen molar-refractivity contribution in [3.63, 3.8) is 0 Å². The molecular weight excluding hydrogens is 374 g/mol. The fourth-order valence-corrected chi connectivity index (χ4v) is 4.87. The van der Waals surface area contributed by atoms with Crippen molar-refractivity contribution in [1.82, 2.24) is 9.78 Å². The third kappa shape index (κ3) is 3.33. The SMILES string of the molecule is Cc1cccc(C(=O)Nc2c3c(nn2-c2ccc(C)c(C)c2)CS(=O)(=O)C3)c1. The van der Waals surface area contributed by atoms with Crippen LogP contribution in [-0.2, 0) is 21.3 Å². The quantitative estimate of drug-likeness (QED) is 0.736. The van der Waals surface area contributed by atoms with E-state index in [1.807, 2.05) is 51.1 Å². The van der Waals surface area contributed by atoms with Gasteiger partial charge in [0.25, 0.3) is 5.91 Å². The molecule has 7 heteroatoms. The lowest BCUT2D eigenvalue weighted by Gasteiger charge is -2.12. The summed E-state index contributed by atoms with van der Waals surface area (Å²) in [6, 6.07) is 13.1. The number of aryl methyl sites for hydroxylation is 3. The Morgan fingerprint density at radius 1 is 1.04 bits per heavy atom. The highest BCUT2D eigenvalue weighted by Crippen LogP contribution is 2.33. The summed E-state index contributed by atoms with van der Waals surface area (Å²) in [6.45, 7) is 5.95. The second-order valence-corrected chi connectivity index (χ2v) is 9.37. The van der Waals surface area contributed by atoms with Crippen LogP contribution in [-0.4, -0.2) is 24.1 Å². The molecule has 0 radical (unpaired) electrons. The van der Waals surface area contributed by atoms with Crippen molar-refractivity contribution in [1.29, 1.82) is 0 Å². The van der Waals surface area contributed by atoms with Crippen molar-refractivity contribution in [2.75, 3.05) is 5.32 Å². The minimum Gasteiger partial charge on any atom is -0.306 e. The third-order valence-electron chi connectivity index (χ3n) is 5.03. The maximum atomic E-state index is 12.8. The molecule has 0 bridgehead atoms. The molecular formula is C21H21N3O3S. The molecule has 1 aliphatic heterocycles. The Labute approximate surface area is 164 Å². The summed E-state index contributed by atoms with van der Waals surface area (Å²) in [4.78, 5) is 12.8. The number of fused-ring (bicyclic) bond motifs is 1. The van der Waals surface area contributed by atoms with Gasteiger partial charge in [0.05, 0.1) is 22.9 Å². The van der Waals surface area contributed by atoms with Crippen molar-refractivity contribution >= 4 is 21.6 Å². The molecule has 4 rings (SSSR count). The number of amides is 1. The number of benzene rings is 2. The second-order valence-electron chi connectivity index (χ2n) is 7.31. The molecule has 6 nitrogen and oxygen atoms in total. The van der Waals surface area contributed by atoms with Crippen LogP contribution in [0.2, 0.25) is 0 Å². The Hall–Kier alpha value is -2.93. The van der Waals surface area contributed by atoms with Crippen molar-refractivity contribution in [3.05, 3.63) is 76.0 Å². The van der Waals surface area contributed by atoms with E-state index < -0.39 is 9.84 Å². The molecule has 0 aliphatic carbocycles. The lowest BCUT2D eigenvalue weighted by molar-refractivity contribution is 0.102. The lowest BCUT2D eigenvalue weighted by Crippen LogP contribution is -2.17. The monoisotopic (exact) mass is 395 g/mol. The van der Waals surface area contributed by atoms with Gasteiger partial charge in [-0.2, -0.15) is 5.10 Å². The Morgan fingerprint density at radius 2 is 1.82 bits per heavy atom. The van der Waals surface area contributed by atoms with E-state index >= 15 is 0 Å². The first kappa shape index (κ1) is 18.4. The van der Waals surface area contributed by atoms with Crippen LogP contribution in [0.5, 0.6) is 0 Å². The number of hydrogen-bond acceptors (Lipinski definition) is 4. The maximum Gasteiger partial charge on any atom is 0.256 e. The van der Waals surface area contributed by atoms with Gasteiger partial charge in [-0.05, 0) is 56.2 Å². The van der Waals surface area contributed by atoms with Crippen molar-refractivity contribution in [2.45, 2.75) is 32.3 Å². The van der Waals surface area contributed by atoms with Crippen LogP contribution in [0.15, 0.2) is 42.5 Å². The summed E-state index contributed by atoms with van der Waals surface area (Å²) in [7, 11) is -3.23. The average Bonchev–Trinajstić information content (AvgIpc) is 3.10. The van der Waals surface area contributed by atoms with Gasteiger partial charge in [0.15, 0.2) is 9.84 Å². The standard InChI is InChI=1S/C21H21N3O3S/c1-13-5-4-6-16(9-13)21(25)22-20-18-11-28(26,27)12-19(18)23-24(20)17-8-7-14(2)15(3)10-17/h4-10H,11-12H2,1-3H3,(H,22,25). The van der Waals surface area contributed by atoms with Gasteiger partial charge in [0.2, 0.25) is 0 Å². The van der Waals surface area contributed by atoms with Crippen molar-refractivity contribution in [2.24, 2.45) is 0 Å². The number of rotatable bonds is 3. The zero-order chi connectivity index (χ0) is 20.1. The lowest BCUT2D eigenvalue weighted by atomic mass is 10.1. The Bertz CT molecular complexity index is 1210. The number of carbonyl (C=O) groups excluding carboxylic acids is 1. The van der Waals surface area contributed by atoms with E-state index in [0.717, 1.165) is 22.4 Å². The van der Waals surface area contributed by atoms with Gasteiger partial charge < -0.3 is 5.32 Å². The van der Waals surface area contributed by atoms with Gasteiger partial charge in [0, 0.05) is 11.1 Å². The van der Waals surface area contributed by atoms with Crippen LogP contribution in [0.25, 0.3) is 5.69 Å². The Kier molecular flexibility index (Phi) is 4.34. The Balaban J connectivity index is 1.80. The number of carbonyl (C=O) groups is 1. The van der Waals surface area contributed by atoms with Crippen LogP contribution in [0.1, 0.15) is 38.3 Å². The zero-order valence-electron chi connectivity index (χ0n) is 16.0. The predicted octanol–water partition coefficient (Wildman–Crippen LogP) is 3.48. The average molecular weight is 395 g/mol. The van der Waals surface area contributed by atoms with Crippen LogP contribution < -0.4 is 5.32 Å². The Morgan fingerprint density at radius 3 is 2.54 bits per heavy atom. The first-order valence-corrected chi connectivity index (χ1v) is 10.8. The van der Waals surface area contributed by atoms with E-state index in [1.54, 1.807) is 16.8 Å². The van der Waals surface area contributed by atoms with E-state index in [2.05, 4.69) is 10.4 Å². The summed E-state index contributed by atoms with van der Waals surface area (Å²) in [6.07, 6.45) is 0. The summed E-state index contributed by atoms with van der Waals surface area (Å²) >= 11 is 0. The molecule has 0 saturated heterocycles. The molecule has 0 spiro atoms. The van der Waals surface area contributed by atoms with Gasteiger partial charge in [-0.25, -0.2) is 13.1 Å². The number of anilines is 1. The van der Waals surface area contributed by atoms with Gasteiger partial charge >= 0.3 is 0 Å². The highest BCUT2D eigenvalue weighted by atomic mass is 32.2. The number of nitrogens with one attached hydrogen (secondary N) is 1. The van der Waals surface area contributed by atoms with Gasteiger partial charge in [-0.3, -0.25) is 4.79 Å². The van der Waals surface area contributed by atoms with Crippen molar-refractivity contribution < 1.29 is 13.2 Å². The van der Waals surface area contributed by atoms with Gasteiger partial charge in [-0.1, -0.05) is 23.8 Å². The smallest absolute Gasteiger partial charge is 0.256 e. The molecule has 0 unspecified atom stereocenters. The highest BCUT2D eigenvalue weighted by Gasteiger charge is 2.33. The minimum absolute atomic E-state index is 0.104. The molecule has 1 aromatic heterocycles. The molecule has 0 atom stereocenters. The molecule has 0 fully saturated rings. The molecule has 1 aliphatic rings. The topological polar surface area (TPSA) is 81.1 Å². The largest absolute Gasteiger partial charge is 0.306 e. The normalized spacial score (nSPS) is 14.7. The second kappa shape index (κ2) is 6.60. The predicted molar refractivity (Wildman–Crippen MR) is 108 cm³/mol. The summed E-state index contributed by atoms with van der Waals surface area (Å²) in [5, 5.41) is 7.42. The van der Waals surface area contributed by atoms with E-state index in [0.29, 0.717) is 22.6 Å². The van der Waals surface area contributed by atoms with E-state index in [4.69, 9.17) is 0 Å². The van der Waals surface area contributed by atoms with Crippen LogP contribution in [0.3, 0.4) is 0 Å². The highest BCUT2D eigenvalue weighted by molar-refractivity contribution is 7.90. The van der Waals surface area contributed by atoms with E-state index in [-0.39, 0.29) is 17.4 Å². The first-order chi connectivity index (χ1) is 13.2. The van der Waals surface area contributed by atoms with Crippen LogP contribution in [0.4, 0.5) is 5.82 Å². The number of hydrogen-bond donors (Lipinski definition) is 1. The minimum atomic E-state index is -3.23. The molecule has 144 valence electrons. The molecule has 0 saturated carbocycles. The fourth-order valence-electron chi connectivity index (χ4n) is 3.38. The van der Waals surface area contributed by atoms with Crippen LogP contribution >= 0.6 is 0 Å². The first-order valence-electron chi connectivity index (χ1n) is 9.00. The summed E-state index contributed by atoms with van der Waals surface area (Å²) in [5.41, 5.74) is 5.59. The maximum absolute atomic E-state index is 12.8. The van der Waals surface area contributed by atoms with E-state index in [1.165, 1.54) is 0 Å². The fraction of sp³-hybridized carbons (Fsp3) is 0.238. The van der Waals surface area contributed by atoms with Crippen molar-refractivity contribution in [3.8, 4) is 5.69 Å². The van der Waals surface area contributed by atoms with Crippen LogP contribution in [0, 0.1) is 20.8 Å². The van der Waals surface area contributed by atoms with E-state index in [9.17, 15) is 13.2 Å². The molecule has 2 aromatic carbocycles. The number of aromatic nitrogens is 2. The molecule has 3 aromatic rings. The molecule has 1 amide bonds. The van der Waals surface area contributed by atoms with Gasteiger partial charge in [0.1, 0.15) is 5.82 Å². The van der Waals surface area contributed by atoms with Gasteiger partial charge in [-0.15, -0.1) is 0 Å². The third-order valence-corrected chi connectivity index (χ3v) is 6.48. The number of sulfone groups is 1. The molecule has 1 N–H and O–H groups in total.